The highest BCUT2D eigenvalue weighted by molar-refractivity contribution is 8.02. The number of Topliss-reactive ketones (excluding diaryl/α,β-unsaturated/α-hetero) is 1. The summed E-state index contributed by atoms with van der Waals surface area (Å²) < 4.78 is 0. The lowest BCUT2D eigenvalue weighted by Gasteiger charge is -2.18. The molecule has 20 heavy (non-hydrogen) atoms. The van der Waals surface area contributed by atoms with Gasteiger partial charge in [-0.1, -0.05) is 44.5 Å². The number of carbonyl (C=O) groups excluding carboxylic acids is 1. The number of ketones is 1. The molecular formula is C15H17ClN2OS. The smallest absolute Gasteiger partial charge is 0.181 e. The van der Waals surface area contributed by atoms with Gasteiger partial charge in [-0.15, -0.1) is 11.8 Å². The number of carbonyl (C=O) groups is 1. The summed E-state index contributed by atoms with van der Waals surface area (Å²) in [6, 6.07) is 9.21. The van der Waals surface area contributed by atoms with Crippen molar-refractivity contribution in [1.82, 2.24) is 0 Å². The summed E-state index contributed by atoms with van der Waals surface area (Å²) in [7, 11) is 0. The molecule has 1 N–H and O–H groups in total. The molecule has 0 aromatic heterocycles. The van der Waals surface area contributed by atoms with Gasteiger partial charge in [0.2, 0.25) is 0 Å². The van der Waals surface area contributed by atoms with Crippen LogP contribution in [0.15, 0.2) is 34.9 Å². The summed E-state index contributed by atoms with van der Waals surface area (Å²) in [4.78, 5) is 12.3. The number of thioether (sulfide) groups is 1. The van der Waals surface area contributed by atoms with Gasteiger partial charge in [-0.3, -0.25) is 4.79 Å². The Morgan fingerprint density at radius 1 is 1.35 bits per heavy atom. The number of nitriles is 1. The first kappa shape index (κ1) is 16.6. The first-order valence-electron chi connectivity index (χ1n) is 6.06. The molecule has 0 saturated heterocycles. The summed E-state index contributed by atoms with van der Waals surface area (Å²) in [6.07, 6.45) is 1.81. The molecule has 0 fully saturated rings. The van der Waals surface area contributed by atoms with Gasteiger partial charge in [0.15, 0.2) is 5.78 Å². The molecular weight excluding hydrogens is 292 g/mol. The lowest BCUT2D eigenvalue weighted by Crippen LogP contribution is -2.23. The van der Waals surface area contributed by atoms with Crippen molar-refractivity contribution in [3.63, 3.8) is 0 Å². The van der Waals surface area contributed by atoms with Crippen molar-refractivity contribution in [1.29, 1.82) is 5.26 Å². The van der Waals surface area contributed by atoms with Gasteiger partial charge in [0, 0.05) is 5.41 Å². The Kier molecular flexibility index (Phi) is 5.67. The minimum absolute atomic E-state index is 0.130. The molecule has 1 aromatic carbocycles. The second kappa shape index (κ2) is 6.83. The predicted molar refractivity (Wildman–Crippen MR) is 85.7 cm³/mol. The van der Waals surface area contributed by atoms with Crippen LogP contribution in [0.3, 0.4) is 0 Å². The van der Waals surface area contributed by atoms with Gasteiger partial charge >= 0.3 is 0 Å². The molecule has 1 rings (SSSR count). The maximum Gasteiger partial charge on any atom is 0.181 e. The number of benzene rings is 1. The molecule has 0 aliphatic carbocycles. The number of rotatable bonds is 4. The third-order valence-corrected chi connectivity index (χ3v) is 3.62. The van der Waals surface area contributed by atoms with Crippen LogP contribution >= 0.6 is 23.4 Å². The fraction of sp³-hybridized carbons (Fsp3) is 0.333. The Labute approximate surface area is 129 Å². The minimum atomic E-state index is -0.603. The van der Waals surface area contributed by atoms with E-state index in [1.54, 1.807) is 32.9 Å². The number of allylic oxidation sites excluding steroid dienone is 1. The van der Waals surface area contributed by atoms with E-state index in [0.717, 1.165) is 0 Å². The molecule has 106 valence electrons. The van der Waals surface area contributed by atoms with E-state index in [-0.39, 0.29) is 11.4 Å². The monoisotopic (exact) mass is 308 g/mol. The van der Waals surface area contributed by atoms with E-state index in [9.17, 15) is 10.1 Å². The molecule has 0 atom stereocenters. The highest BCUT2D eigenvalue weighted by atomic mass is 35.5. The highest BCUT2D eigenvalue weighted by Crippen LogP contribution is 2.29. The van der Waals surface area contributed by atoms with E-state index in [0.29, 0.717) is 15.7 Å². The Balaban J connectivity index is 3.22. The minimum Gasteiger partial charge on any atom is -0.348 e. The molecule has 0 heterocycles. The Hall–Kier alpha value is -1.44. The summed E-state index contributed by atoms with van der Waals surface area (Å²) in [5.41, 5.74) is 0.201. The van der Waals surface area contributed by atoms with E-state index in [1.165, 1.54) is 11.8 Å². The Bertz CT molecular complexity index is 582. The van der Waals surface area contributed by atoms with Gasteiger partial charge in [-0.2, -0.15) is 5.26 Å². The van der Waals surface area contributed by atoms with Crippen molar-refractivity contribution < 1.29 is 4.79 Å². The van der Waals surface area contributed by atoms with Gasteiger partial charge in [0.05, 0.1) is 15.7 Å². The SMILES string of the molecule is CS/C(Nc1ccccc1Cl)=C(\C#N)C(=O)C(C)(C)C. The van der Waals surface area contributed by atoms with E-state index in [1.807, 2.05) is 24.5 Å². The van der Waals surface area contributed by atoms with E-state index in [2.05, 4.69) is 5.32 Å². The first-order chi connectivity index (χ1) is 9.31. The molecule has 0 spiro atoms. The zero-order valence-corrected chi connectivity index (χ0v) is 13.5. The largest absolute Gasteiger partial charge is 0.348 e. The standard InChI is InChI=1S/C15H17ClN2OS/c1-15(2,3)13(19)10(9-17)14(20-4)18-12-8-6-5-7-11(12)16/h5-8,18H,1-4H3/b14-10+. The van der Waals surface area contributed by atoms with E-state index < -0.39 is 5.41 Å². The highest BCUT2D eigenvalue weighted by Gasteiger charge is 2.27. The Morgan fingerprint density at radius 2 is 1.95 bits per heavy atom. The second-order valence-corrected chi connectivity index (χ2v) is 6.43. The maximum atomic E-state index is 12.3. The number of anilines is 1. The van der Waals surface area contributed by atoms with Gasteiger partial charge in [-0.05, 0) is 18.4 Å². The number of hydrogen-bond donors (Lipinski definition) is 1. The Morgan fingerprint density at radius 3 is 2.40 bits per heavy atom. The zero-order valence-electron chi connectivity index (χ0n) is 12.0. The fourth-order valence-corrected chi connectivity index (χ4v) is 2.22. The molecule has 0 aliphatic heterocycles. The van der Waals surface area contributed by atoms with Crippen molar-refractivity contribution in [3.8, 4) is 6.07 Å². The number of hydrogen-bond acceptors (Lipinski definition) is 4. The molecule has 0 unspecified atom stereocenters. The average Bonchev–Trinajstić information content (AvgIpc) is 2.39. The van der Waals surface area contributed by atoms with Crippen LogP contribution in [0.2, 0.25) is 5.02 Å². The molecule has 0 amide bonds. The van der Waals surface area contributed by atoms with Crippen LogP contribution in [0.5, 0.6) is 0 Å². The van der Waals surface area contributed by atoms with Crippen LogP contribution in [0.4, 0.5) is 5.69 Å². The average molecular weight is 309 g/mol. The van der Waals surface area contributed by atoms with Gasteiger partial charge in [-0.25, -0.2) is 0 Å². The van der Waals surface area contributed by atoms with Gasteiger partial charge < -0.3 is 5.32 Å². The second-order valence-electron chi connectivity index (χ2n) is 5.20. The third kappa shape index (κ3) is 4.03. The molecule has 1 aromatic rings. The number of nitrogens with one attached hydrogen (secondary N) is 1. The lowest BCUT2D eigenvalue weighted by atomic mass is 9.87. The molecule has 0 saturated carbocycles. The van der Waals surface area contributed by atoms with Crippen molar-refractivity contribution in [3.05, 3.63) is 39.9 Å². The summed E-state index contributed by atoms with van der Waals surface area (Å²) in [5, 5.41) is 13.4. The molecule has 0 aliphatic rings. The predicted octanol–water partition coefficient (Wildman–Crippen LogP) is 4.47. The van der Waals surface area contributed by atoms with Crippen LogP contribution in [-0.4, -0.2) is 12.0 Å². The fourth-order valence-electron chi connectivity index (χ4n) is 1.48. The van der Waals surface area contributed by atoms with Crippen LogP contribution in [0.1, 0.15) is 20.8 Å². The van der Waals surface area contributed by atoms with Gasteiger partial charge in [0.25, 0.3) is 0 Å². The van der Waals surface area contributed by atoms with Crippen molar-refractivity contribution >= 4 is 34.8 Å². The van der Waals surface area contributed by atoms with E-state index in [4.69, 9.17) is 11.6 Å². The molecule has 5 heteroatoms. The quantitative estimate of drug-likeness (QED) is 0.659. The third-order valence-electron chi connectivity index (χ3n) is 2.57. The van der Waals surface area contributed by atoms with Gasteiger partial charge in [0.1, 0.15) is 11.6 Å². The van der Waals surface area contributed by atoms with Crippen molar-refractivity contribution in [2.45, 2.75) is 20.8 Å². The van der Waals surface area contributed by atoms with Crippen molar-refractivity contribution in [2.75, 3.05) is 11.6 Å². The lowest BCUT2D eigenvalue weighted by molar-refractivity contribution is -0.122. The normalized spacial score (nSPS) is 12.4. The number of halogens is 1. The summed E-state index contributed by atoms with van der Waals surface area (Å²) >= 11 is 7.40. The molecule has 0 radical (unpaired) electrons. The topological polar surface area (TPSA) is 52.9 Å². The molecule has 0 bridgehead atoms. The zero-order chi connectivity index (χ0) is 15.3. The maximum absolute atomic E-state index is 12.3. The number of para-hydroxylation sites is 1. The molecule has 3 nitrogen and oxygen atoms in total. The number of nitrogens with zero attached hydrogens (tertiary/aromatic N) is 1. The van der Waals surface area contributed by atoms with Crippen LogP contribution in [0.25, 0.3) is 0 Å². The van der Waals surface area contributed by atoms with Crippen LogP contribution < -0.4 is 5.32 Å². The van der Waals surface area contributed by atoms with Crippen LogP contribution in [-0.2, 0) is 4.79 Å². The van der Waals surface area contributed by atoms with E-state index >= 15 is 0 Å². The summed E-state index contributed by atoms with van der Waals surface area (Å²) in [6.45, 7) is 5.38. The van der Waals surface area contributed by atoms with Crippen LogP contribution in [0, 0.1) is 16.7 Å². The van der Waals surface area contributed by atoms with Crippen molar-refractivity contribution in [2.24, 2.45) is 5.41 Å². The first-order valence-corrected chi connectivity index (χ1v) is 7.66. The summed E-state index contributed by atoms with van der Waals surface area (Å²) in [5.74, 6) is -0.191.